The van der Waals surface area contributed by atoms with Crippen molar-refractivity contribution in [1.29, 1.82) is 0 Å². The van der Waals surface area contributed by atoms with Crippen LogP contribution in [0.4, 0.5) is 19.0 Å². The Kier molecular flexibility index (Phi) is 10.9. The van der Waals surface area contributed by atoms with Crippen LogP contribution >= 0.6 is 0 Å². The molecule has 0 radical (unpaired) electrons. The lowest BCUT2D eigenvalue weighted by atomic mass is 9.94. The predicted octanol–water partition coefficient (Wildman–Crippen LogP) is 5.47. The second kappa shape index (κ2) is 15.6. The van der Waals surface area contributed by atoms with Crippen LogP contribution in [0.1, 0.15) is 44.6 Å². The zero-order valence-electron chi connectivity index (χ0n) is 31.0. The fourth-order valence-electron chi connectivity index (χ4n) is 8.35. The van der Waals surface area contributed by atoms with E-state index in [2.05, 4.69) is 14.9 Å². The van der Waals surface area contributed by atoms with E-state index in [1.54, 1.807) is 18.2 Å². The number of anilines is 1. The van der Waals surface area contributed by atoms with E-state index < -0.39 is 35.2 Å². The Morgan fingerprint density at radius 2 is 1.85 bits per heavy atom. The molecular formula is C39H45F3N6O6. The van der Waals surface area contributed by atoms with Crippen LogP contribution in [0.5, 0.6) is 11.8 Å². The monoisotopic (exact) mass is 750 g/mol. The summed E-state index contributed by atoms with van der Waals surface area (Å²) in [5.41, 5.74) is 0.126. The number of amides is 2. The maximum Gasteiger partial charge on any atom is 0.319 e. The number of methoxy groups -OCH3 is 2. The molecule has 3 saturated heterocycles. The molecule has 5 heterocycles. The third kappa shape index (κ3) is 7.04. The van der Waals surface area contributed by atoms with E-state index in [1.165, 1.54) is 33.5 Å². The van der Waals surface area contributed by atoms with E-state index in [0.717, 1.165) is 24.3 Å². The minimum Gasteiger partial charge on any atom is -0.468 e. The van der Waals surface area contributed by atoms with Gasteiger partial charge in [0.05, 0.1) is 10.9 Å². The van der Waals surface area contributed by atoms with Crippen molar-refractivity contribution in [3.05, 3.63) is 47.7 Å². The van der Waals surface area contributed by atoms with Crippen molar-refractivity contribution in [2.24, 2.45) is 5.92 Å². The molecule has 12 nitrogen and oxygen atoms in total. The van der Waals surface area contributed by atoms with E-state index in [9.17, 15) is 14.0 Å². The SMILES string of the molecule is CCc1c(F)ccc2cc(OCOC)cc(-c3ncc4c(N5CCC(C(=O)N(C)C(=O)COC)CC5)nc(OC[C@@]56CCCN5C[C@H](F)C6)nc4c3F)c12. The number of ether oxygens (including phenoxy) is 4. The fourth-order valence-corrected chi connectivity index (χ4v) is 8.35. The molecule has 0 saturated carbocycles. The molecule has 2 aromatic carbocycles. The van der Waals surface area contributed by atoms with Gasteiger partial charge in [0.1, 0.15) is 48.0 Å². The number of nitrogens with zero attached hydrogens (tertiary/aromatic N) is 6. The van der Waals surface area contributed by atoms with Crippen molar-refractivity contribution in [1.82, 2.24) is 24.8 Å². The Bertz CT molecular complexity index is 2060. The molecule has 0 bridgehead atoms. The van der Waals surface area contributed by atoms with Crippen LogP contribution in [-0.2, 0) is 25.5 Å². The molecule has 2 atom stereocenters. The van der Waals surface area contributed by atoms with Crippen LogP contribution in [0.2, 0.25) is 0 Å². The number of alkyl halides is 1. The van der Waals surface area contributed by atoms with Gasteiger partial charge >= 0.3 is 6.01 Å². The number of pyridine rings is 1. The molecule has 288 valence electrons. The standard InChI is InChI=1S/C39H45F3N6O6/c1-5-27-30(41)8-7-24-15-26(54-22-52-4)16-28(32(24)27)34-33(42)35-29(18-43-34)36(47-13-9-23(10-14-47)37(50)46(2)31(49)20-51-3)45-38(44-35)53-21-39-11-6-12-48(39)19-25(40)17-39/h7-8,15-16,18,23,25H,5-6,9-14,17,19-22H2,1-4H3/t25-,39+/m1/s1. The lowest BCUT2D eigenvalue weighted by Crippen LogP contribution is -2.44. The second-order valence-electron chi connectivity index (χ2n) is 14.4. The van der Waals surface area contributed by atoms with Gasteiger partial charge in [-0.3, -0.25) is 24.4 Å². The minimum atomic E-state index is -0.961. The smallest absolute Gasteiger partial charge is 0.319 e. The molecule has 3 fully saturated rings. The predicted molar refractivity (Wildman–Crippen MR) is 195 cm³/mol. The van der Waals surface area contributed by atoms with Gasteiger partial charge in [-0.1, -0.05) is 13.0 Å². The summed E-state index contributed by atoms with van der Waals surface area (Å²) in [7, 11) is 4.33. The number of halogens is 3. The number of carbonyl (C=O) groups excluding carboxylic acids is 2. The summed E-state index contributed by atoms with van der Waals surface area (Å²) in [6, 6.07) is 6.30. The number of benzene rings is 2. The van der Waals surface area contributed by atoms with Gasteiger partial charge in [0.25, 0.3) is 5.91 Å². The molecule has 4 aromatic rings. The van der Waals surface area contributed by atoms with Crippen molar-refractivity contribution in [3.8, 4) is 23.0 Å². The Morgan fingerprint density at radius 3 is 2.59 bits per heavy atom. The van der Waals surface area contributed by atoms with E-state index in [-0.39, 0.29) is 43.1 Å². The first-order chi connectivity index (χ1) is 26.1. The van der Waals surface area contributed by atoms with Crippen molar-refractivity contribution in [2.75, 3.05) is 72.4 Å². The lowest BCUT2D eigenvalue weighted by molar-refractivity contribution is -0.148. The largest absolute Gasteiger partial charge is 0.468 e. The van der Waals surface area contributed by atoms with Gasteiger partial charge in [0, 0.05) is 65.0 Å². The Morgan fingerprint density at radius 1 is 1.06 bits per heavy atom. The van der Waals surface area contributed by atoms with E-state index in [0.29, 0.717) is 84.2 Å². The Balaban J connectivity index is 1.30. The average Bonchev–Trinajstić information content (AvgIpc) is 3.71. The summed E-state index contributed by atoms with van der Waals surface area (Å²) in [5.74, 6) is -1.54. The molecule has 0 N–H and O–H groups in total. The normalized spacial score (nSPS) is 20.5. The maximum atomic E-state index is 17.2. The molecule has 15 heteroatoms. The van der Waals surface area contributed by atoms with Crippen LogP contribution < -0.4 is 14.4 Å². The van der Waals surface area contributed by atoms with Crippen LogP contribution in [0.3, 0.4) is 0 Å². The quantitative estimate of drug-likeness (QED) is 0.172. The Labute approximate surface area is 311 Å². The number of fused-ring (bicyclic) bond motifs is 3. The highest BCUT2D eigenvalue weighted by atomic mass is 19.1. The van der Waals surface area contributed by atoms with Crippen LogP contribution in [0, 0.1) is 17.6 Å². The first kappa shape index (κ1) is 37.7. The number of imide groups is 1. The third-order valence-corrected chi connectivity index (χ3v) is 11.1. The summed E-state index contributed by atoms with van der Waals surface area (Å²) in [5, 5.41) is 1.46. The molecule has 0 aliphatic carbocycles. The van der Waals surface area contributed by atoms with Gasteiger partial charge in [0.2, 0.25) is 5.91 Å². The van der Waals surface area contributed by atoms with Crippen LogP contribution in [0.25, 0.3) is 32.9 Å². The molecule has 2 amide bonds. The number of aryl methyl sites for hydroxylation is 1. The molecule has 2 aromatic heterocycles. The molecule has 3 aliphatic heterocycles. The molecule has 7 rings (SSSR count). The first-order valence-corrected chi connectivity index (χ1v) is 18.4. The topological polar surface area (TPSA) is 119 Å². The molecular weight excluding hydrogens is 705 g/mol. The third-order valence-electron chi connectivity index (χ3n) is 11.1. The zero-order chi connectivity index (χ0) is 38.1. The van der Waals surface area contributed by atoms with Gasteiger partial charge in [-0.2, -0.15) is 9.97 Å². The summed E-state index contributed by atoms with van der Waals surface area (Å²) < 4.78 is 69.1. The molecule has 0 spiro atoms. The van der Waals surface area contributed by atoms with Crippen LogP contribution in [-0.4, -0.2) is 116 Å². The van der Waals surface area contributed by atoms with Gasteiger partial charge < -0.3 is 23.8 Å². The maximum absolute atomic E-state index is 17.2. The minimum absolute atomic E-state index is 0.0514. The number of aromatic nitrogens is 3. The number of hydrogen-bond acceptors (Lipinski definition) is 11. The molecule has 54 heavy (non-hydrogen) atoms. The molecule has 0 unspecified atom stereocenters. The average molecular weight is 751 g/mol. The van der Waals surface area contributed by atoms with Gasteiger partial charge in [-0.25, -0.2) is 13.2 Å². The summed E-state index contributed by atoms with van der Waals surface area (Å²) in [6.07, 6.45) is 3.75. The van der Waals surface area contributed by atoms with Crippen molar-refractivity contribution < 1.29 is 41.7 Å². The highest BCUT2D eigenvalue weighted by Gasteiger charge is 2.49. The summed E-state index contributed by atoms with van der Waals surface area (Å²) in [6.45, 7) is 3.59. The second-order valence-corrected chi connectivity index (χ2v) is 14.4. The number of hydrogen-bond donors (Lipinski definition) is 0. The lowest BCUT2D eigenvalue weighted by Gasteiger charge is -2.34. The Hall–Kier alpha value is -4.60. The summed E-state index contributed by atoms with van der Waals surface area (Å²) >= 11 is 0. The van der Waals surface area contributed by atoms with Crippen molar-refractivity contribution in [3.63, 3.8) is 0 Å². The highest BCUT2D eigenvalue weighted by molar-refractivity contribution is 6.02. The van der Waals surface area contributed by atoms with Gasteiger partial charge in [0.15, 0.2) is 12.6 Å². The van der Waals surface area contributed by atoms with Crippen molar-refractivity contribution >= 4 is 39.3 Å². The van der Waals surface area contributed by atoms with E-state index >= 15 is 8.78 Å². The first-order valence-electron chi connectivity index (χ1n) is 18.4. The number of likely N-dealkylation sites (N-methyl/N-ethyl adjacent to an activating group) is 1. The number of carbonyl (C=O) groups is 2. The van der Waals surface area contributed by atoms with Crippen LogP contribution in [0.15, 0.2) is 30.5 Å². The van der Waals surface area contributed by atoms with E-state index in [1.807, 2.05) is 11.8 Å². The number of piperidine rings is 1. The van der Waals surface area contributed by atoms with Gasteiger partial charge in [-0.05, 0) is 73.2 Å². The molecule has 3 aliphatic rings. The van der Waals surface area contributed by atoms with Gasteiger partial charge in [-0.15, -0.1) is 0 Å². The number of rotatable bonds is 12. The summed E-state index contributed by atoms with van der Waals surface area (Å²) in [4.78, 5) is 44.6. The van der Waals surface area contributed by atoms with E-state index in [4.69, 9.17) is 23.9 Å². The highest BCUT2D eigenvalue weighted by Crippen LogP contribution is 2.42. The zero-order valence-corrected chi connectivity index (χ0v) is 31.0. The fraction of sp³-hybridized carbons (Fsp3) is 0.513. The van der Waals surface area contributed by atoms with Crippen molar-refractivity contribution in [2.45, 2.75) is 57.2 Å².